The SMILES string of the molecule is FC(F)(F)c1cc(-c2ccccn2)n[nH]1.FC(F)(F)c1cc(-c2ccccn2)n[nH]1.O=P(O)(c1ccccc1)c1ccccc1Cc1ccccc1.[Ir]. The van der Waals surface area contributed by atoms with Crippen LogP contribution in [-0.4, -0.2) is 35.3 Å². The van der Waals surface area contributed by atoms with Gasteiger partial charge in [-0.2, -0.15) is 36.5 Å². The Balaban J connectivity index is 0.000000181. The number of H-pyrrole nitrogens is 2. The first-order valence-corrected chi connectivity index (χ1v) is 17.1. The minimum absolute atomic E-state index is 0. The summed E-state index contributed by atoms with van der Waals surface area (Å²) in [4.78, 5) is 18.5. The van der Waals surface area contributed by atoms with Crippen LogP contribution < -0.4 is 10.6 Å². The van der Waals surface area contributed by atoms with Crippen LogP contribution in [0.2, 0.25) is 0 Å². The van der Waals surface area contributed by atoms with E-state index in [9.17, 15) is 35.8 Å². The molecule has 0 saturated carbocycles. The number of hydrogen-bond acceptors (Lipinski definition) is 5. The number of halogens is 6. The van der Waals surface area contributed by atoms with Gasteiger partial charge < -0.3 is 4.89 Å². The van der Waals surface area contributed by atoms with Crippen molar-refractivity contribution < 1.29 is 55.9 Å². The van der Waals surface area contributed by atoms with Gasteiger partial charge in [-0.3, -0.25) is 24.7 Å². The van der Waals surface area contributed by atoms with Crippen LogP contribution in [-0.2, 0) is 43.4 Å². The molecule has 1 atom stereocenters. The second kappa shape index (κ2) is 18.0. The van der Waals surface area contributed by atoms with Gasteiger partial charge in [0.1, 0.15) is 22.8 Å². The van der Waals surface area contributed by atoms with Crippen LogP contribution in [0.1, 0.15) is 22.5 Å². The minimum atomic E-state index is -4.40. The molecule has 7 rings (SSSR count). The van der Waals surface area contributed by atoms with Crippen molar-refractivity contribution in [2.24, 2.45) is 0 Å². The predicted molar refractivity (Wildman–Crippen MR) is 185 cm³/mol. The molecule has 3 N–H and O–H groups in total. The van der Waals surface area contributed by atoms with E-state index in [2.05, 4.69) is 20.2 Å². The van der Waals surface area contributed by atoms with Crippen LogP contribution in [0, 0.1) is 0 Å². The molecule has 0 amide bonds. The number of pyridine rings is 2. The summed E-state index contributed by atoms with van der Waals surface area (Å²) >= 11 is 0. The summed E-state index contributed by atoms with van der Waals surface area (Å²) in [6.07, 6.45) is -5.16. The van der Waals surface area contributed by atoms with Crippen molar-refractivity contribution in [3.05, 3.63) is 168 Å². The van der Waals surface area contributed by atoms with E-state index in [1.165, 1.54) is 12.4 Å². The number of rotatable bonds is 6. The number of benzene rings is 3. The number of aromatic nitrogens is 6. The predicted octanol–water partition coefficient (Wildman–Crippen LogP) is 8.48. The molecule has 8 nitrogen and oxygen atoms in total. The van der Waals surface area contributed by atoms with Gasteiger partial charge in [-0.05, 0) is 72.1 Å². The van der Waals surface area contributed by atoms with Crippen LogP contribution in [0.4, 0.5) is 26.3 Å². The number of nitrogens with one attached hydrogen (secondary N) is 2. The molecule has 0 spiro atoms. The average Bonchev–Trinajstić information content (AvgIpc) is 3.86. The summed E-state index contributed by atoms with van der Waals surface area (Å²) < 4.78 is 86.3. The summed E-state index contributed by atoms with van der Waals surface area (Å²) in [5, 5.41) is 11.9. The van der Waals surface area contributed by atoms with E-state index in [1.54, 1.807) is 66.7 Å². The third-order valence-corrected chi connectivity index (χ3v) is 9.37. The van der Waals surface area contributed by atoms with Crippen LogP contribution in [0.15, 0.2) is 146 Å². The Hall–Kier alpha value is -5.20. The Labute approximate surface area is 313 Å². The fraction of sp³-hybridized carbons (Fsp3) is 0.0811. The molecule has 0 bridgehead atoms. The zero-order valence-corrected chi connectivity index (χ0v) is 30.5. The van der Waals surface area contributed by atoms with Crippen molar-refractivity contribution in [3.8, 4) is 22.8 Å². The van der Waals surface area contributed by atoms with Gasteiger partial charge in [0, 0.05) is 43.1 Å². The Bertz CT molecular complexity index is 2110. The molecule has 0 fully saturated rings. The maximum absolute atomic E-state index is 13.0. The summed E-state index contributed by atoms with van der Waals surface area (Å²) in [5.74, 6) is 0. The Kier molecular flexibility index (Phi) is 13.8. The van der Waals surface area contributed by atoms with E-state index in [0.717, 1.165) is 23.3 Å². The van der Waals surface area contributed by atoms with Crippen molar-refractivity contribution in [2.75, 3.05) is 0 Å². The monoisotopic (exact) mass is 927 g/mol. The van der Waals surface area contributed by atoms with Gasteiger partial charge in [-0.15, -0.1) is 0 Å². The van der Waals surface area contributed by atoms with Gasteiger partial charge >= 0.3 is 12.4 Å². The van der Waals surface area contributed by atoms with E-state index in [4.69, 9.17) is 0 Å². The molecule has 275 valence electrons. The van der Waals surface area contributed by atoms with Crippen molar-refractivity contribution >= 4 is 18.0 Å². The normalized spacial score (nSPS) is 12.2. The van der Waals surface area contributed by atoms with Crippen molar-refractivity contribution in [2.45, 2.75) is 18.8 Å². The van der Waals surface area contributed by atoms with Gasteiger partial charge in [0.15, 0.2) is 0 Å². The molecule has 0 saturated heterocycles. The number of nitrogens with zero attached hydrogens (tertiary/aromatic N) is 4. The fourth-order valence-corrected chi connectivity index (χ4v) is 6.45. The quantitative estimate of drug-likeness (QED) is 0.114. The molecular formula is C37H29F6IrN6O2P. The molecule has 4 aromatic heterocycles. The molecule has 1 radical (unpaired) electrons. The van der Waals surface area contributed by atoms with Gasteiger partial charge in [0.05, 0.1) is 11.4 Å². The van der Waals surface area contributed by atoms with Crippen LogP contribution in [0.5, 0.6) is 0 Å². The average molecular weight is 927 g/mol. The molecule has 0 aliphatic rings. The second-order valence-corrected chi connectivity index (χ2v) is 13.1. The molecular weight excluding hydrogens is 898 g/mol. The fourth-order valence-electron chi connectivity index (χ4n) is 4.77. The molecule has 16 heteroatoms. The van der Waals surface area contributed by atoms with Crippen molar-refractivity contribution in [1.82, 2.24) is 30.4 Å². The zero-order chi connectivity index (χ0) is 37.2. The Morgan fingerprint density at radius 1 is 0.566 bits per heavy atom. The summed E-state index contributed by atoms with van der Waals surface area (Å²) in [7, 11) is -3.57. The number of aromatic amines is 2. The third kappa shape index (κ3) is 11.1. The Morgan fingerprint density at radius 3 is 1.43 bits per heavy atom. The molecule has 4 heterocycles. The van der Waals surface area contributed by atoms with Crippen molar-refractivity contribution in [1.29, 1.82) is 0 Å². The number of hydrogen-bond donors (Lipinski definition) is 3. The molecule has 0 aliphatic heterocycles. The van der Waals surface area contributed by atoms with Gasteiger partial charge in [-0.1, -0.05) is 78.9 Å². The summed E-state index contributed by atoms with van der Waals surface area (Å²) in [5.41, 5.74) is 1.46. The molecule has 7 aromatic rings. The van der Waals surface area contributed by atoms with Crippen molar-refractivity contribution in [3.63, 3.8) is 0 Å². The minimum Gasteiger partial charge on any atom is -0.338 e. The first kappa shape index (κ1) is 40.6. The third-order valence-electron chi connectivity index (χ3n) is 7.28. The molecule has 1 unspecified atom stereocenters. The van der Waals surface area contributed by atoms with Gasteiger partial charge in [-0.25, -0.2) is 0 Å². The van der Waals surface area contributed by atoms with E-state index in [1.807, 2.05) is 64.8 Å². The summed E-state index contributed by atoms with van der Waals surface area (Å²) in [6.45, 7) is 0. The van der Waals surface area contributed by atoms with Crippen LogP contribution in [0.25, 0.3) is 22.8 Å². The van der Waals surface area contributed by atoms with Crippen LogP contribution in [0.3, 0.4) is 0 Å². The van der Waals surface area contributed by atoms with E-state index in [0.29, 0.717) is 28.4 Å². The summed E-state index contributed by atoms with van der Waals surface area (Å²) in [6, 6.07) is 38.0. The molecule has 53 heavy (non-hydrogen) atoms. The molecule has 0 aliphatic carbocycles. The van der Waals surface area contributed by atoms with Gasteiger partial charge in [0.2, 0.25) is 0 Å². The Morgan fingerprint density at radius 2 is 1.00 bits per heavy atom. The largest absolute Gasteiger partial charge is 0.432 e. The topological polar surface area (TPSA) is 120 Å². The van der Waals surface area contributed by atoms with E-state index in [-0.39, 0.29) is 31.5 Å². The zero-order valence-electron chi connectivity index (χ0n) is 27.3. The van der Waals surface area contributed by atoms with Crippen LogP contribution >= 0.6 is 7.37 Å². The standard InChI is InChI=1S/C19H17O2P.2C9H6F3N3.Ir/c20-22(21,18-12-5-2-6-13-18)19-14-8-7-11-17(19)15-16-9-3-1-4-10-16;2*10-9(11,12)8-5-7(14-15-8)6-3-1-2-4-13-6;/h1-14H,15H2,(H,20,21);2*1-5H,(H,14,15);. The second-order valence-electron chi connectivity index (χ2n) is 11.0. The number of alkyl halides is 6. The first-order chi connectivity index (χ1) is 24.8. The first-order valence-electron chi connectivity index (χ1n) is 15.4. The maximum Gasteiger partial charge on any atom is 0.432 e. The maximum atomic E-state index is 13.0. The van der Waals surface area contributed by atoms with Gasteiger partial charge in [0.25, 0.3) is 7.37 Å². The smallest absolute Gasteiger partial charge is 0.338 e. The molecule has 3 aromatic carbocycles. The van der Waals surface area contributed by atoms with E-state index < -0.39 is 31.1 Å². The van der Waals surface area contributed by atoms with E-state index >= 15 is 0 Å².